The Morgan fingerprint density at radius 3 is 2.38 bits per heavy atom. The summed E-state index contributed by atoms with van der Waals surface area (Å²) in [6.45, 7) is 14.6. The molecule has 3 N–H and O–H groups in total. The van der Waals surface area contributed by atoms with Gasteiger partial charge in [0.2, 0.25) is 21.8 Å². The van der Waals surface area contributed by atoms with E-state index in [0.717, 1.165) is 23.1 Å². The molecule has 0 aromatic heterocycles. The van der Waals surface area contributed by atoms with Crippen molar-refractivity contribution >= 4 is 39.5 Å². The van der Waals surface area contributed by atoms with Gasteiger partial charge in [0.05, 0.1) is 11.3 Å². The lowest BCUT2D eigenvalue weighted by molar-refractivity contribution is -0.141. The van der Waals surface area contributed by atoms with Gasteiger partial charge in [0.15, 0.2) is 0 Å². The second-order valence-corrected chi connectivity index (χ2v) is 19.2. The van der Waals surface area contributed by atoms with Gasteiger partial charge in [-0.1, -0.05) is 78.0 Å². The van der Waals surface area contributed by atoms with Crippen LogP contribution in [0.5, 0.6) is 0 Å². The number of carbonyl (C=O) groups excluding carboxylic acids is 4. The summed E-state index contributed by atoms with van der Waals surface area (Å²) in [6.07, 6.45) is 1.26. The molecular weight excluding hydrogens is 745 g/mol. The van der Waals surface area contributed by atoms with E-state index in [4.69, 9.17) is 4.74 Å². The van der Waals surface area contributed by atoms with Crippen LogP contribution in [0, 0.1) is 11.3 Å². The zero-order valence-corrected chi connectivity index (χ0v) is 33.7. The Kier molecular flexibility index (Phi) is 10.8. The van der Waals surface area contributed by atoms with Crippen molar-refractivity contribution in [3.05, 3.63) is 77.4 Å². The average molecular weight is 798 g/mol. The number of benzene rings is 2. The molecule has 4 amide bonds. The first-order chi connectivity index (χ1) is 26.2. The maximum Gasteiger partial charge on any atom is 0.410 e. The predicted molar refractivity (Wildman–Crippen MR) is 207 cm³/mol. The molecule has 2 heterocycles. The van der Waals surface area contributed by atoms with Gasteiger partial charge in [0.1, 0.15) is 23.7 Å². The minimum absolute atomic E-state index is 0.0902. The molecule has 5 atom stereocenters. The van der Waals surface area contributed by atoms with Crippen LogP contribution in [-0.2, 0) is 54.6 Å². The van der Waals surface area contributed by atoms with E-state index in [0.29, 0.717) is 38.4 Å². The summed E-state index contributed by atoms with van der Waals surface area (Å²) in [6, 6.07) is 9.17. The zero-order chi connectivity index (χ0) is 41.0. The summed E-state index contributed by atoms with van der Waals surface area (Å²) in [7, 11) is -4.00. The van der Waals surface area contributed by atoms with Gasteiger partial charge in [0.25, 0.3) is 11.8 Å². The van der Waals surface area contributed by atoms with Gasteiger partial charge in [0, 0.05) is 30.8 Å². The Bertz CT molecular complexity index is 2030. The first-order valence-electron chi connectivity index (χ1n) is 19.3. The molecule has 2 aliphatic heterocycles. The average Bonchev–Trinajstić information content (AvgIpc) is 3.95. The highest BCUT2D eigenvalue weighted by atomic mass is 32.2. The number of sulfonamides is 1. The SMILES string of the molecule is C=CC(F)(F)c1cccc(NC(C(=O)N2CC(OC(=O)N3Cc4cccc(CC)c4C3)CC2C(=O)NC2(C(=O)NS(=O)(=O)C3(C)CC3)CC2CC)C(C)(C)C)c1. The number of fused-ring (bicyclic) bond motifs is 1. The summed E-state index contributed by atoms with van der Waals surface area (Å²) < 4.78 is 62.4. The van der Waals surface area contributed by atoms with Gasteiger partial charge < -0.3 is 20.3 Å². The van der Waals surface area contributed by atoms with E-state index in [1.807, 2.05) is 32.0 Å². The van der Waals surface area contributed by atoms with Gasteiger partial charge in [-0.15, -0.1) is 0 Å². The van der Waals surface area contributed by atoms with Crippen molar-refractivity contribution in [3.63, 3.8) is 0 Å². The lowest BCUT2D eigenvalue weighted by Crippen LogP contribution is -2.59. The van der Waals surface area contributed by atoms with Crippen molar-refractivity contribution in [2.75, 3.05) is 11.9 Å². The summed E-state index contributed by atoms with van der Waals surface area (Å²) in [4.78, 5) is 59.3. The van der Waals surface area contributed by atoms with E-state index >= 15 is 0 Å². The minimum atomic E-state index is -4.00. The highest BCUT2D eigenvalue weighted by Crippen LogP contribution is 2.48. The second-order valence-electron chi connectivity index (χ2n) is 17.0. The van der Waals surface area contributed by atoms with Gasteiger partial charge in [-0.2, -0.15) is 8.78 Å². The molecule has 2 aliphatic carbocycles. The first kappa shape index (κ1) is 41.1. The van der Waals surface area contributed by atoms with Crippen LogP contribution in [0.3, 0.4) is 0 Å². The number of rotatable bonds is 13. The van der Waals surface area contributed by atoms with E-state index < -0.39 is 73.6 Å². The smallest absolute Gasteiger partial charge is 0.410 e. The molecule has 6 rings (SSSR count). The lowest BCUT2D eigenvalue weighted by Gasteiger charge is -2.36. The number of hydrogen-bond acceptors (Lipinski definition) is 8. The van der Waals surface area contributed by atoms with Crippen molar-refractivity contribution in [2.45, 2.75) is 128 Å². The number of halogens is 2. The van der Waals surface area contributed by atoms with Crippen LogP contribution in [-0.4, -0.2) is 77.1 Å². The first-order valence-corrected chi connectivity index (χ1v) is 20.8. The number of nitrogens with one attached hydrogen (secondary N) is 3. The molecule has 2 aromatic carbocycles. The fourth-order valence-corrected chi connectivity index (χ4v) is 9.17. The molecule has 2 aromatic rings. The topological polar surface area (TPSA) is 154 Å². The Hall–Kier alpha value is -4.53. The van der Waals surface area contributed by atoms with Gasteiger partial charge in [-0.3, -0.25) is 24.0 Å². The Balaban J connectivity index is 1.27. The van der Waals surface area contributed by atoms with Crippen molar-refractivity contribution in [1.82, 2.24) is 19.8 Å². The molecule has 15 heteroatoms. The number of anilines is 1. The monoisotopic (exact) mass is 797 g/mol. The van der Waals surface area contributed by atoms with Gasteiger partial charge in [-0.05, 0) is 78.8 Å². The molecule has 0 spiro atoms. The van der Waals surface area contributed by atoms with Crippen molar-refractivity contribution < 1.29 is 41.1 Å². The highest BCUT2D eigenvalue weighted by Gasteiger charge is 2.63. The van der Waals surface area contributed by atoms with E-state index in [2.05, 4.69) is 21.9 Å². The molecule has 304 valence electrons. The minimum Gasteiger partial charge on any atom is -0.444 e. The largest absolute Gasteiger partial charge is 0.444 e. The molecule has 0 radical (unpaired) electrons. The number of carbonyl (C=O) groups is 4. The van der Waals surface area contributed by atoms with Crippen LogP contribution >= 0.6 is 0 Å². The maximum absolute atomic E-state index is 14.7. The van der Waals surface area contributed by atoms with Crippen molar-refractivity contribution in [3.8, 4) is 0 Å². The van der Waals surface area contributed by atoms with Crippen LogP contribution in [0.4, 0.5) is 19.3 Å². The molecule has 0 bridgehead atoms. The van der Waals surface area contributed by atoms with Crippen LogP contribution in [0.2, 0.25) is 0 Å². The zero-order valence-electron chi connectivity index (χ0n) is 32.9. The van der Waals surface area contributed by atoms with Crippen LogP contribution in [0.1, 0.15) is 95.9 Å². The van der Waals surface area contributed by atoms with E-state index in [1.54, 1.807) is 38.7 Å². The van der Waals surface area contributed by atoms with E-state index in [-0.39, 0.29) is 36.6 Å². The summed E-state index contributed by atoms with van der Waals surface area (Å²) in [5.41, 5.74) is 0.809. The molecule has 3 fully saturated rings. The molecule has 12 nitrogen and oxygen atoms in total. The highest BCUT2D eigenvalue weighted by molar-refractivity contribution is 7.91. The fourth-order valence-electron chi connectivity index (χ4n) is 7.85. The Labute approximate surface area is 327 Å². The molecule has 2 saturated carbocycles. The number of amides is 4. The van der Waals surface area contributed by atoms with Crippen LogP contribution in [0.15, 0.2) is 55.1 Å². The third kappa shape index (κ3) is 7.88. The Morgan fingerprint density at radius 2 is 1.77 bits per heavy atom. The fraction of sp³-hybridized carbons (Fsp3) is 0.561. The molecule has 1 saturated heterocycles. The maximum atomic E-state index is 14.7. The van der Waals surface area contributed by atoms with Crippen molar-refractivity contribution in [1.29, 1.82) is 0 Å². The lowest BCUT2D eigenvalue weighted by atomic mass is 9.85. The predicted octanol–water partition coefficient (Wildman–Crippen LogP) is 5.76. The van der Waals surface area contributed by atoms with Crippen molar-refractivity contribution in [2.24, 2.45) is 11.3 Å². The third-order valence-corrected chi connectivity index (χ3v) is 14.1. The number of nitrogens with zero attached hydrogens (tertiary/aromatic N) is 2. The third-order valence-electron chi connectivity index (χ3n) is 11.9. The number of alkyl halides is 2. The number of hydrogen-bond donors (Lipinski definition) is 3. The van der Waals surface area contributed by atoms with E-state index in [9.17, 15) is 36.4 Å². The molecule has 56 heavy (non-hydrogen) atoms. The number of ether oxygens (including phenoxy) is 1. The van der Waals surface area contributed by atoms with Gasteiger partial charge >= 0.3 is 6.09 Å². The van der Waals surface area contributed by atoms with Crippen LogP contribution < -0.4 is 15.4 Å². The number of likely N-dealkylation sites (tertiary alicyclic amines) is 1. The molecule has 4 aliphatic rings. The molecular formula is C41H53F2N5O7S. The summed E-state index contributed by atoms with van der Waals surface area (Å²) in [5.74, 6) is -5.74. The standard InChI is InChI=1S/C41H53F2N5O7S/c1-8-25-13-11-14-26-22-47(24-31(25)26)37(52)55-30-20-32(34(49)45-40(21-27(40)9-2)36(51)46-56(53,54)39(7)17-18-39)48(23-30)35(50)33(38(4,5)6)44-29-16-12-15-28(19-29)41(42,43)10-3/h10-16,19,27,30,32-33,44H,3,8-9,17-18,20-24H2,1-2,4-7H3,(H,45,49)(H,46,51). The number of aryl methyl sites for hydroxylation is 1. The number of allylic oxidation sites excluding steroid dienone is 1. The second kappa shape index (κ2) is 14.8. The normalized spacial score (nSPS) is 24.5. The quantitative estimate of drug-likeness (QED) is 0.217. The summed E-state index contributed by atoms with van der Waals surface area (Å²) in [5, 5.41) is 5.94. The van der Waals surface area contributed by atoms with Gasteiger partial charge in [-0.25, -0.2) is 13.2 Å². The Morgan fingerprint density at radius 1 is 1.07 bits per heavy atom. The summed E-state index contributed by atoms with van der Waals surface area (Å²) >= 11 is 0. The van der Waals surface area contributed by atoms with Crippen LogP contribution in [0.25, 0.3) is 0 Å². The molecule has 5 unspecified atom stereocenters. The van der Waals surface area contributed by atoms with E-state index in [1.165, 1.54) is 23.1 Å².